The highest BCUT2D eigenvalue weighted by atomic mass is 16.1. The van der Waals surface area contributed by atoms with Gasteiger partial charge in [-0.3, -0.25) is 14.6 Å². The van der Waals surface area contributed by atoms with E-state index < -0.39 is 0 Å². The molecule has 7 heteroatoms. The number of carbonyl (C=O) groups is 1. The Hall–Kier alpha value is -4.00. The monoisotopic (exact) mass is 425 g/mol. The number of nitrogens with one attached hydrogen (secondary N) is 2. The van der Waals surface area contributed by atoms with Crippen LogP contribution in [0, 0.1) is 6.92 Å². The van der Waals surface area contributed by atoms with Gasteiger partial charge in [-0.05, 0) is 36.5 Å². The number of nitrogens with zero attached hydrogens (tertiary/aromatic N) is 3. The predicted molar refractivity (Wildman–Crippen MR) is 123 cm³/mol. The number of aromatic amines is 1. The van der Waals surface area contributed by atoms with Gasteiger partial charge >= 0.3 is 0 Å². The molecule has 4 aromatic rings. The van der Waals surface area contributed by atoms with E-state index in [1.165, 1.54) is 10.7 Å². The van der Waals surface area contributed by atoms with Crippen LogP contribution >= 0.6 is 0 Å². The molecule has 5 rings (SSSR count). The van der Waals surface area contributed by atoms with Crippen molar-refractivity contribution in [3.05, 3.63) is 94.0 Å². The van der Waals surface area contributed by atoms with Crippen LogP contribution in [0.4, 0.5) is 5.82 Å². The number of benzene rings is 2. The summed E-state index contributed by atoms with van der Waals surface area (Å²) in [4.78, 5) is 31.8. The van der Waals surface area contributed by atoms with Gasteiger partial charge in [-0.25, -0.2) is 4.98 Å². The van der Waals surface area contributed by atoms with Gasteiger partial charge in [0.2, 0.25) is 11.9 Å². The van der Waals surface area contributed by atoms with E-state index >= 15 is 0 Å². The summed E-state index contributed by atoms with van der Waals surface area (Å²) < 4.78 is 1.51. The summed E-state index contributed by atoms with van der Waals surface area (Å²) in [6.07, 6.45) is 2.39. The molecule has 0 radical (unpaired) electrons. The maximum absolute atomic E-state index is 12.8. The molecule has 0 unspecified atom stereocenters. The first-order chi connectivity index (χ1) is 15.5. The van der Waals surface area contributed by atoms with Gasteiger partial charge < -0.3 is 5.32 Å². The van der Waals surface area contributed by atoms with Crippen molar-refractivity contribution in [3.63, 3.8) is 0 Å². The highest BCUT2D eigenvalue weighted by molar-refractivity contribution is 5.91. The molecular formula is C25H23N5O2. The smallest absolute Gasteiger partial charge is 0.252 e. The highest BCUT2D eigenvalue weighted by Gasteiger charge is 2.28. The molecule has 0 bridgehead atoms. The quantitative estimate of drug-likeness (QED) is 0.489. The van der Waals surface area contributed by atoms with Gasteiger partial charge in [-0.15, -0.1) is 0 Å². The first-order valence-electron chi connectivity index (χ1n) is 10.7. The fourth-order valence-electron chi connectivity index (χ4n) is 3.71. The summed E-state index contributed by atoms with van der Waals surface area (Å²) in [6.45, 7) is 1.75. The number of anilines is 1. The second-order valence-corrected chi connectivity index (χ2v) is 8.14. The summed E-state index contributed by atoms with van der Waals surface area (Å²) in [5, 5.41) is 7.54. The van der Waals surface area contributed by atoms with Crippen LogP contribution in [-0.4, -0.2) is 25.7 Å². The fourth-order valence-corrected chi connectivity index (χ4v) is 3.71. The number of hydrogen-bond donors (Lipinski definition) is 2. The maximum atomic E-state index is 12.8. The number of carbonyl (C=O) groups excluding carboxylic acids is 1. The van der Waals surface area contributed by atoms with Gasteiger partial charge in [-0.2, -0.15) is 9.78 Å². The van der Waals surface area contributed by atoms with Crippen molar-refractivity contribution in [1.82, 2.24) is 19.7 Å². The average molecular weight is 425 g/mol. The van der Waals surface area contributed by atoms with E-state index in [9.17, 15) is 9.59 Å². The summed E-state index contributed by atoms with van der Waals surface area (Å²) in [5.74, 6) is 1.04. The number of aromatic nitrogens is 4. The second kappa shape index (κ2) is 8.26. The van der Waals surface area contributed by atoms with Gasteiger partial charge in [0.15, 0.2) is 0 Å². The molecule has 1 amide bonds. The minimum atomic E-state index is -0.258. The number of hydrogen-bond acceptors (Lipinski definition) is 4. The number of aryl methyl sites for hydroxylation is 1. The number of rotatable bonds is 6. The van der Waals surface area contributed by atoms with Gasteiger partial charge in [0.1, 0.15) is 5.82 Å². The Balaban J connectivity index is 1.35. The van der Waals surface area contributed by atoms with Crippen LogP contribution in [0.25, 0.3) is 17.1 Å². The lowest BCUT2D eigenvalue weighted by atomic mass is 10.0. The zero-order chi connectivity index (χ0) is 22.1. The molecule has 7 nitrogen and oxygen atoms in total. The first-order valence-corrected chi connectivity index (χ1v) is 10.7. The summed E-state index contributed by atoms with van der Waals surface area (Å²) in [5.41, 5.74) is 4.39. The predicted octanol–water partition coefficient (Wildman–Crippen LogP) is 3.99. The third-order valence-electron chi connectivity index (χ3n) is 5.47. The number of amides is 1. The van der Waals surface area contributed by atoms with Crippen LogP contribution in [0.1, 0.15) is 35.7 Å². The van der Waals surface area contributed by atoms with Gasteiger partial charge in [0.25, 0.3) is 5.56 Å². The van der Waals surface area contributed by atoms with Crippen LogP contribution in [-0.2, 0) is 11.2 Å². The summed E-state index contributed by atoms with van der Waals surface area (Å²) >= 11 is 0. The third-order valence-corrected chi connectivity index (χ3v) is 5.47. The zero-order valence-corrected chi connectivity index (χ0v) is 17.7. The largest absolute Gasteiger partial charge is 0.310 e. The van der Waals surface area contributed by atoms with Gasteiger partial charge in [0.05, 0.1) is 12.1 Å². The molecule has 160 valence electrons. The standard InChI is InChI=1S/C25H23N5O2/c1-16-13-23(31)28-25(26-16)30-22(15-21(29-30)20-11-12-20)27-24(32)14-17-7-9-19(10-8-17)18-5-3-2-4-6-18/h2-10,13,15,20H,11-12,14H2,1H3,(H,27,32)(H,26,28,31). The molecule has 0 saturated heterocycles. The normalized spacial score (nSPS) is 13.2. The van der Waals surface area contributed by atoms with E-state index in [2.05, 4.69) is 32.5 Å². The Morgan fingerprint density at radius 3 is 2.47 bits per heavy atom. The van der Waals surface area contributed by atoms with E-state index in [4.69, 9.17) is 0 Å². The average Bonchev–Trinajstić information content (AvgIpc) is 3.55. The SMILES string of the molecule is Cc1cc(=O)[nH]c(-n2nc(C3CC3)cc2NC(=O)Cc2ccc(-c3ccccc3)cc2)n1. The molecular weight excluding hydrogens is 402 g/mol. The molecule has 0 aliphatic heterocycles. The molecule has 0 atom stereocenters. The van der Waals surface area contributed by atoms with Crippen LogP contribution in [0.3, 0.4) is 0 Å². The Labute approximate surface area is 185 Å². The maximum Gasteiger partial charge on any atom is 0.252 e. The third kappa shape index (κ3) is 4.37. The molecule has 1 aliphatic rings. The lowest BCUT2D eigenvalue weighted by molar-refractivity contribution is -0.115. The van der Waals surface area contributed by atoms with E-state index in [1.54, 1.807) is 6.92 Å². The van der Waals surface area contributed by atoms with E-state index in [1.807, 2.05) is 48.5 Å². The molecule has 1 saturated carbocycles. The topological polar surface area (TPSA) is 92.7 Å². The summed E-state index contributed by atoms with van der Waals surface area (Å²) in [6, 6.07) is 21.4. The zero-order valence-electron chi connectivity index (χ0n) is 17.7. The molecule has 1 fully saturated rings. The van der Waals surface area contributed by atoms with Crippen molar-refractivity contribution in [2.45, 2.75) is 32.1 Å². The van der Waals surface area contributed by atoms with Gasteiger partial charge in [-0.1, -0.05) is 54.6 Å². The van der Waals surface area contributed by atoms with Crippen LogP contribution in [0.2, 0.25) is 0 Å². The molecule has 2 N–H and O–H groups in total. The van der Waals surface area contributed by atoms with Crippen molar-refractivity contribution < 1.29 is 4.79 Å². The Morgan fingerprint density at radius 2 is 1.78 bits per heavy atom. The Kier molecular flexibility index (Phi) is 5.15. The molecule has 32 heavy (non-hydrogen) atoms. The molecule has 1 aliphatic carbocycles. The molecule has 0 spiro atoms. The lowest BCUT2D eigenvalue weighted by Crippen LogP contribution is -2.20. The van der Waals surface area contributed by atoms with E-state index in [0.717, 1.165) is 35.2 Å². The second-order valence-electron chi connectivity index (χ2n) is 8.14. The molecule has 2 aromatic carbocycles. The first kappa shape index (κ1) is 19.9. The van der Waals surface area contributed by atoms with Crippen molar-refractivity contribution in [3.8, 4) is 17.1 Å². The minimum absolute atomic E-state index is 0.157. The Bertz CT molecular complexity index is 1320. The van der Waals surface area contributed by atoms with Crippen molar-refractivity contribution in [2.75, 3.05) is 5.32 Å². The lowest BCUT2D eigenvalue weighted by Gasteiger charge is -2.09. The highest BCUT2D eigenvalue weighted by Crippen LogP contribution is 2.40. The van der Waals surface area contributed by atoms with Crippen LogP contribution in [0.5, 0.6) is 0 Å². The fraction of sp³-hybridized carbons (Fsp3) is 0.200. The molecule has 2 aromatic heterocycles. The van der Waals surface area contributed by atoms with Crippen LogP contribution < -0.4 is 10.9 Å². The number of H-pyrrole nitrogens is 1. The van der Waals surface area contributed by atoms with Crippen molar-refractivity contribution >= 4 is 11.7 Å². The molecule has 2 heterocycles. The van der Waals surface area contributed by atoms with Gasteiger partial charge in [0, 0.05) is 23.7 Å². The summed E-state index contributed by atoms with van der Waals surface area (Å²) in [7, 11) is 0. The Morgan fingerprint density at radius 1 is 1.06 bits per heavy atom. The van der Waals surface area contributed by atoms with Crippen molar-refractivity contribution in [1.29, 1.82) is 0 Å². The minimum Gasteiger partial charge on any atom is -0.310 e. The van der Waals surface area contributed by atoms with E-state index in [0.29, 0.717) is 23.4 Å². The van der Waals surface area contributed by atoms with E-state index in [-0.39, 0.29) is 17.9 Å². The van der Waals surface area contributed by atoms with Crippen molar-refractivity contribution in [2.24, 2.45) is 0 Å². The van der Waals surface area contributed by atoms with Crippen LogP contribution in [0.15, 0.2) is 71.5 Å².